The monoisotopic (exact) mass is 215 g/mol. The highest BCUT2D eigenvalue weighted by atomic mass is 14.9. The van der Waals surface area contributed by atoms with Crippen molar-refractivity contribution in [3.05, 3.63) is 24.0 Å². The van der Waals surface area contributed by atoms with Crippen molar-refractivity contribution in [1.82, 2.24) is 4.98 Å². The fourth-order valence-electron chi connectivity index (χ4n) is 2.25. The first kappa shape index (κ1) is 10.9. The van der Waals surface area contributed by atoms with E-state index in [1.165, 1.54) is 38.5 Å². The minimum atomic E-state index is 0.506. The third-order valence-corrected chi connectivity index (χ3v) is 3.13. The molecule has 2 rings (SSSR count). The molecule has 0 bridgehead atoms. The Hall–Kier alpha value is -1.56. The predicted molar refractivity (Wildman–Crippen MR) is 64.1 cm³/mol. The molecule has 0 radical (unpaired) electrons. The van der Waals surface area contributed by atoms with Crippen molar-refractivity contribution in [3.63, 3.8) is 0 Å². The maximum Gasteiger partial charge on any atom is 0.163 e. The molecule has 1 saturated carbocycles. The van der Waals surface area contributed by atoms with E-state index in [4.69, 9.17) is 5.26 Å². The number of aromatic nitrogens is 1. The molecule has 1 fully saturated rings. The number of nitrogens with one attached hydrogen (secondary N) is 1. The van der Waals surface area contributed by atoms with Crippen LogP contribution in [0.4, 0.5) is 5.69 Å². The fraction of sp³-hybridized carbons (Fsp3) is 0.538. The highest BCUT2D eigenvalue weighted by molar-refractivity contribution is 5.53. The third kappa shape index (κ3) is 2.73. The van der Waals surface area contributed by atoms with Crippen LogP contribution in [-0.2, 0) is 0 Å². The SMILES string of the molecule is N#Cc1ncccc1NC1CCCCCC1. The highest BCUT2D eigenvalue weighted by Crippen LogP contribution is 2.22. The number of hydrogen-bond donors (Lipinski definition) is 1. The van der Waals surface area contributed by atoms with Gasteiger partial charge in [0.1, 0.15) is 6.07 Å². The van der Waals surface area contributed by atoms with Gasteiger partial charge in [-0.2, -0.15) is 5.26 Å². The maximum atomic E-state index is 8.95. The summed E-state index contributed by atoms with van der Waals surface area (Å²) in [6.07, 6.45) is 9.35. The summed E-state index contributed by atoms with van der Waals surface area (Å²) >= 11 is 0. The van der Waals surface area contributed by atoms with Crippen LogP contribution in [0.15, 0.2) is 18.3 Å². The number of hydrogen-bond acceptors (Lipinski definition) is 3. The zero-order valence-corrected chi connectivity index (χ0v) is 9.45. The topological polar surface area (TPSA) is 48.7 Å². The van der Waals surface area contributed by atoms with E-state index in [1.54, 1.807) is 6.20 Å². The Bertz CT molecular complexity index is 373. The molecule has 84 valence electrons. The van der Waals surface area contributed by atoms with E-state index in [0.717, 1.165) is 5.69 Å². The molecule has 1 aliphatic rings. The van der Waals surface area contributed by atoms with Crippen molar-refractivity contribution in [3.8, 4) is 6.07 Å². The second-order valence-electron chi connectivity index (χ2n) is 4.34. The molecule has 1 aromatic rings. The lowest BCUT2D eigenvalue weighted by Gasteiger charge is -2.17. The summed E-state index contributed by atoms with van der Waals surface area (Å²) in [6, 6.07) is 6.46. The summed E-state index contributed by atoms with van der Waals surface area (Å²) < 4.78 is 0. The summed E-state index contributed by atoms with van der Waals surface area (Å²) in [5, 5.41) is 12.4. The van der Waals surface area contributed by atoms with Gasteiger partial charge in [0.2, 0.25) is 0 Å². The molecule has 1 aliphatic carbocycles. The molecule has 1 heterocycles. The van der Waals surface area contributed by atoms with Crippen LogP contribution in [-0.4, -0.2) is 11.0 Å². The van der Waals surface area contributed by atoms with E-state index in [2.05, 4.69) is 16.4 Å². The van der Waals surface area contributed by atoms with E-state index in [-0.39, 0.29) is 0 Å². The third-order valence-electron chi connectivity index (χ3n) is 3.13. The van der Waals surface area contributed by atoms with E-state index >= 15 is 0 Å². The Morgan fingerprint density at radius 3 is 2.69 bits per heavy atom. The quantitative estimate of drug-likeness (QED) is 0.771. The van der Waals surface area contributed by atoms with E-state index in [9.17, 15) is 0 Å². The van der Waals surface area contributed by atoms with Crippen LogP contribution in [0.25, 0.3) is 0 Å². The highest BCUT2D eigenvalue weighted by Gasteiger charge is 2.13. The molecular formula is C13H17N3. The summed E-state index contributed by atoms with van der Waals surface area (Å²) in [4.78, 5) is 4.06. The first-order valence-corrected chi connectivity index (χ1v) is 6.02. The van der Waals surface area contributed by atoms with Crippen LogP contribution in [0.1, 0.15) is 44.2 Å². The summed E-state index contributed by atoms with van der Waals surface area (Å²) in [7, 11) is 0. The van der Waals surface area contributed by atoms with Gasteiger partial charge in [-0.25, -0.2) is 4.98 Å². The predicted octanol–water partition coefficient (Wildman–Crippen LogP) is 3.09. The number of anilines is 1. The van der Waals surface area contributed by atoms with E-state index in [0.29, 0.717) is 11.7 Å². The van der Waals surface area contributed by atoms with Crippen LogP contribution < -0.4 is 5.32 Å². The first-order valence-electron chi connectivity index (χ1n) is 6.02. The minimum Gasteiger partial charge on any atom is -0.380 e. The molecular weight excluding hydrogens is 198 g/mol. The second-order valence-corrected chi connectivity index (χ2v) is 4.34. The minimum absolute atomic E-state index is 0.506. The summed E-state index contributed by atoms with van der Waals surface area (Å²) in [5.74, 6) is 0. The average molecular weight is 215 g/mol. The second kappa shape index (κ2) is 5.50. The van der Waals surface area contributed by atoms with Crippen LogP contribution in [0.2, 0.25) is 0 Å². The van der Waals surface area contributed by atoms with Gasteiger partial charge in [-0.05, 0) is 25.0 Å². The smallest absolute Gasteiger partial charge is 0.163 e. The molecule has 0 atom stereocenters. The average Bonchev–Trinajstić information content (AvgIpc) is 2.58. The molecule has 1 aromatic heterocycles. The number of pyridine rings is 1. The maximum absolute atomic E-state index is 8.95. The van der Waals surface area contributed by atoms with Crippen LogP contribution in [0, 0.1) is 11.3 Å². The lowest BCUT2D eigenvalue weighted by atomic mass is 10.1. The molecule has 0 saturated heterocycles. The fourth-order valence-corrected chi connectivity index (χ4v) is 2.25. The van der Waals surface area contributed by atoms with Gasteiger partial charge in [0, 0.05) is 12.2 Å². The largest absolute Gasteiger partial charge is 0.380 e. The van der Waals surface area contributed by atoms with Gasteiger partial charge >= 0.3 is 0 Å². The summed E-state index contributed by atoms with van der Waals surface area (Å²) in [5.41, 5.74) is 1.39. The molecule has 0 amide bonds. The van der Waals surface area contributed by atoms with Crippen molar-refractivity contribution in [1.29, 1.82) is 5.26 Å². The Morgan fingerprint density at radius 1 is 1.25 bits per heavy atom. The zero-order valence-electron chi connectivity index (χ0n) is 9.45. The van der Waals surface area contributed by atoms with Gasteiger partial charge in [0.25, 0.3) is 0 Å². The Kier molecular flexibility index (Phi) is 3.76. The van der Waals surface area contributed by atoms with Crippen molar-refractivity contribution < 1.29 is 0 Å². The van der Waals surface area contributed by atoms with Gasteiger partial charge in [0.05, 0.1) is 5.69 Å². The van der Waals surface area contributed by atoms with Gasteiger partial charge in [-0.1, -0.05) is 25.7 Å². The lowest BCUT2D eigenvalue weighted by molar-refractivity contribution is 0.619. The standard InChI is InChI=1S/C13H17N3/c14-10-13-12(8-5-9-15-13)16-11-6-3-1-2-4-7-11/h5,8-9,11,16H,1-4,6-7H2. The molecule has 1 N–H and O–H groups in total. The van der Waals surface area contributed by atoms with E-state index < -0.39 is 0 Å². The van der Waals surface area contributed by atoms with Crippen LogP contribution in [0.5, 0.6) is 0 Å². The Morgan fingerprint density at radius 2 is 2.00 bits per heavy atom. The zero-order chi connectivity index (χ0) is 11.2. The van der Waals surface area contributed by atoms with Crippen molar-refractivity contribution in [2.24, 2.45) is 0 Å². The summed E-state index contributed by atoms with van der Waals surface area (Å²) in [6.45, 7) is 0. The molecule has 3 nitrogen and oxygen atoms in total. The number of rotatable bonds is 2. The molecule has 0 unspecified atom stereocenters. The van der Waals surface area contributed by atoms with Gasteiger partial charge in [-0.15, -0.1) is 0 Å². The van der Waals surface area contributed by atoms with Gasteiger partial charge < -0.3 is 5.32 Å². The molecule has 0 aromatic carbocycles. The first-order chi connectivity index (χ1) is 7.90. The number of nitrogens with zero attached hydrogens (tertiary/aromatic N) is 2. The molecule has 0 aliphatic heterocycles. The van der Waals surface area contributed by atoms with Crippen molar-refractivity contribution in [2.45, 2.75) is 44.6 Å². The van der Waals surface area contributed by atoms with Crippen molar-refractivity contribution >= 4 is 5.69 Å². The Labute approximate surface area is 96.5 Å². The molecule has 16 heavy (non-hydrogen) atoms. The Balaban J connectivity index is 2.05. The molecule has 3 heteroatoms. The van der Waals surface area contributed by atoms with E-state index in [1.807, 2.05) is 12.1 Å². The van der Waals surface area contributed by atoms with Gasteiger partial charge in [0.15, 0.2) is 5.69 Å². The number of nitriles is 1. The van der Waals surface area contributed by atoms with Crippen LogP contribution in [0.3, 0.4) is 0 Å². The van der Waals surface area contributed by atoms with Crippen molar-refractivity contribution in [2.75, 3.05) is 5.32 Å². The van der Waals surface area contributed by atoms with Gasteiger partial charge in [-0.3, -0.25) is 0 Å². The normalized spacial score (nSPS) is 17.4. The van der Waals surface area contributed by atoms with Crippen LogP contribution >= 0.6 is 0 Å². The lowest BCUT2D eigenvalue weighted by Crippen LogP contribution is -2.19. The molecule has 0 spiro atoms.